The minimum absolute atomic E-state index is 0.538. The monoisotopic (exact) mass is 307 g/mol. The van der Waals surface area contributed by atoms with E-state index < -0.39 is 0 Å². The molecule has 1 aromatic carbocycles. The van der Waals surface area contributed by atoms with Gasteiger partial charge in [-0.3, -0.25) is 9.67 Å². The molecule has 0 atom stereocenters. The zero-order valence-corrected chi connectivity index (χ0v) is 12.4. The van der Waals surface area contributed by atoms with Crippen LogP contribution >= 0.6 is 35.2 Å². The summed E-state index contributed by atoms with van der Waals surface area (Å²) in [6.07, 6.45) is 0. The number of nitrogens with zero attached hydrogens (tertiary/aromatic N) is 2. The van der Waals surface area contributed by atoms with Crippen LogP contribution < -0.4 is 0 Å². The third-order valence-electron chi connectivity index (χ3n) is 2.76. The van der Waals surface area contributed by atoms with Gasteiger partial charge in [0.15, 0.2) is 10.6 Å². The molecule has 2 aromatic heterocycles. The Balaban J connectivity index is 2.29. The highest BCUT2D eigenvalue weighted by Crippen LogP contribution is 2.29. The zero-order chi connectivity index (χ0) is 13.4. The van der Waals surface area contributed by atoms with Crippen molar-refractivity contribution in [3.05, 3.63) is 51.1 Å². The molecule has 1 N–H and O–H groups in total. The second kappa shape index (κ2) is 4.92. The Morgan fingerprint density at radius 1 is 1.37 bits per heavy atom. The number of hydrogen-bond acceptors (Lipinski definition) is 3. The maximum absolute atomic E-state index is 6.29. The standard InChI is InChI=1S/C13H10ClN3S2/c1-8-4-5-9(14)10(7-8)17-12(15-16-13(17)18)11-3-2-6-19-11/h2-7H,1H3,(H,16,18). The molecule has 2 heterocycles. The van der Waals surface area contributed by atoms with Crippen LogP contribution in [-0.4, -0.2) is 14.8 Å². The van der Waals surface area contributed by atoms with Gasteiger partial charge in [-0.1, -0.05) is 23.7 Å². The SMILES string of the molecule is Cc1ccc(Cl)c(-n2c(-c3cccs3)n[nH]c2=S)c1. The maximum Gasteiger partial charge on any atom is 0.200 e. The number of H-pyrrole nitrogens is 1. The van der Waals surface area contributed by atoms with Gasteiger partial charge in [0.25, 0.3) is 0 Å². The molecule has 0 aliphatic carbocycles. The van der Waals surface area contributed by atoms with Crippen LogP contribution in [0.4, 0.5) is 0 Å². The van der Waals surface area contributed by atoms with Crippen molar-refractivity contribution in [2.45, 2.75) is 6.92 Å². The maximum atomic E-state index is 6.29. The molecule has 0 radical (unpaired) electrons. The third kappa shape index (κ3) is 2.25. The second-order valence-corrected chi connectivity index (χ2v) is 5.86. The topological polar surface area (TPSA) is 33.6 Å². The molecule has 3 rings (SSSR count). The van der Waals surface area contributed by atoms with Crippen LogP contribution in [0.1, 0.15) is 5.56 Å². The highest BCUT2D eigenvalue weighted by Gasteiger charge is 2.13. The van der Waals surface area contributed by atoms with Gasteiger partial charge in [-0.2, -0.15) is 5.10 Å². The number of thiophene rings is 1. The van der Waals surface area contributed by atoms with Crippen molar-refractivity contribution >= 4 is 35.2 Å². The number of aryl methyl sites for hydroxylation is 1. The van der Waals surface area contributed by atoms with Crippen LogP contribution in [0.25, 0.3) is 16.4 Å². The molecule has 6 heteroatoms. The molecule has 19 heavy (non-hydrogen) atoms. The van der Waals surface area contributed by atoms with Crippen molar-refractivity contribution in [3.63, 3.8) is 0 Å². The number of hydrogen-bond donors (Lipinski definition) is 1. The van der Waals surface area contributed by atoms with Crippen LogP contribution in [0.5, 0.6) is 0 Å². The Morgan fingerprint density at radius 2 is 2.21 bits per heavy atom. The van der Waals surface area contributed by atoms with Gasteiger partial charge < -0.3 is 0 Å². The molecule has 0 saturated carbocycles. The minimum Gasteiger partial charge on any atom is -0.266 e. The van der Waals surface area contributed by atoms with E-state index in [1.807, 2.05) is 47.2 Å². The van der Waals surface area contributed by atoms with Crippen molar-refractivity contribution < 1.29 is 0 Å². The van der Waals surface area contributed by atoms with Crippen LogP contribution in [-0.2, 0) is 0 Å². The normalized spacial score (nSPS) is 10.8. The summed E-state index contributed by atoms with van der Waals surface area (Å²) in [6.45, 7) is 2.02. The summed E-state index contributed by atoms with van der Waals surface area (Å²) in [5, 5.41) is 9.80. The van der Waals surface area contributed by atoms with Crippen molar-refractivity contribution in [1.29, 1.82) is 0 Å². The Labute approximate surface area is 124 Å². The van der Waals surface area contributed by atoms with E-state index in [9.17, 15) is 0 Å². The number of aromatic amines is 1. The summed E-state index contributed by atoms with van der Waals surface area (Å²) in [5.41, 5.74) is 1.98. The molecular weight excluding hydrogens is 298 g/mol. The Kier molecular flexibility index (Phi) is 3.26. The van der Waals surface area contributed by atoms with Gasteiger partial charge in [-0.15, -0.1) is 11.3 Å². The zero-order valence-electron chi connectivity index (χ0n) is 10.1. The lowest BCUT2D eigenvalue weighted by Crippen LogP contribution is -1.98. The number of benzene rings is 1. The number of aromatic nitrogens is 3. The van der Waals surface area contributed by atoms with Crippen LogP contribution in [0.3, 0.4) is 0 Å². The highest BCUT2D eigenvalue weighted by atomic mass is 35.5. The fraction of sp³-hybridized carbons (Fsp3) is 0.0769. The van der Waals surface area contributed by atoms with E-state index in [0.29, 0.717) is 9.79 Å². The first-order valence-corrected chi connectivity index (χ1v) is 7.31. The van der Waals surface area contributed by atoms with E-state index in [0.717, 1.165) is 22.0 Å². The van der Waals surface area contributed by atoms with E-state index >= 15 is 0 Å². The molecule has 0 amide bonds. The van der Waals surface area contributed by atoms with Crippen molar-refractivity contribution in [2.75, 3.05) is 0 Å². The lowest BCUT2D eigenvalue weighted by Gasteiger charge is -2.08. The first-order valence-electron chi connectivity index (χ1n) is 5.64. The number of nitrogens with one attached hydrogen (secondary N) is 1. The largest absolute Gasteiger partial charge is 0.266 e. The highest BCUT2D eigenvalue weighted by molar-refractivity contribution is 7.71. The number of halogens is 1. The summed E-state index contributed by atoms with van der Waals surface area (Å²) in [4.78, 5) is 1.05. The van der Waals surface area contributed by atoms with E-state index in [1.165, 1.54) is 0 Å². The summed E-state index contributed by atoms with van der Waals surface area (Å²) in [5.74, 6) is 0.785. The first-order chi connectivity index (χ1) is 9.16. The Morgan fingerprint density at radius 3 is 2.95 bits per heavy atom. The van der Waals surface area contributed by atoms with Crippen LogP contribution in [0, 0.1) is 11.7 Å². The fourth-order valence-corrected chi connectivity index (χ4v) is 3.02. The molecule has 0 spiro atoms. The molecule has 0 saturated heterocycles. The predicted octanol–water partition coefficient (Wildman–Crippen LogP) is 4.62. The van der Waals surface area contributed by atoms with E-state index in [4.69, 9.17) is 23.8 Å². The fourth-order valence-electron chi connectivity index (χ4n) is 1.89. The molecule has 3 aromatic rings. The minimum atomic E-state index is 0.538. The molecular formula is C13H10ClN3S2. The molecule has 0 aliphatic heterocycles. The van der Waals surface area contributed by atoms with Gasteiger partial charge in [0, 0.05) is 0 Å². The van der Waals surface area contributed by atoms with Crippen LogP contribution in [0.15, 0.2) is 35.7 Å². The van der Waals surface area contributed by atoms with E-state index in [-0.39, 0.29) is 0 Å². The molecule has 0 aliphatic rings. The first kappa shape index (κ1) is 12.6. The van der Waals surface area contributed by atoms with Gasteiger partial charge in [-0.25, -0.2) is 0 Å². The summed E-state index contributed by atoms with van der Waals surface area (Å²) in [6, 6.07) is 9.85. The molecule has 96 valence electrons. The second-order valence-electron chi connectivity index (χ2n) is 4.12. The van der Waals surface area contributed by atoms with Crippen molar-refractivity contribution in [1.82, 2.24) is 14.8 Å². The average Bonchev–Trinajstić information content (AvgIpc) is 3.01. The summed E-state index contributed by atoms with van der Waals surface area (Å²) >= 11 is 13.2. The summed E-state index contributed by atoms with van der Waals surface area (Å²) in [7, 11) is 0. The lowest BCUT2D eigenvalue weighted by atomic mass is 10.2. The van der Waals surface area contributed by atoms with E-state index in [2.05, 4.69) is 10.2 Å². The van der Waals surface area contributed by atoms with Gasteiger partial charge in [0.05, 0.1) is 15.6 Å². The number of rotatable bonds is 2. The van der Waals surface area contributed by atoms with Gasteiger partial charge in [0.1, 0.15) is 0 Å². The molecule has 0 unspecified atom stereocenters. The lowest BCUT2D eigenvalue weighted by molar-refractivity contribution is 1.03. The van der Waals surface area contributed by atoms with Gasteiger partial charge in [0.2, 0.25) is 0 Å². The van der Waals surface area contributed by atoms with Crippen LogP contribution in [0.2, 0.25) is 5.02 Å². The van der Waals surface area contributed by atoms with Crippen molar-refractivity contribution in [2.24, 2.45) is 0 Å². The van der Waals surface area contributed by atoms with Crippen molar-refractivity contribution in [3.8, 4) is 16.4 Å². The third-order valence-corrected chi connectivity index (χ3v) is 4.22. The molecule has 0 fully saturated rings. The molecule has 3 nitrogen and oxygen atoms in total. The Hall–Kier alpha value is -1.43. The molecule has 0 bridgehead atoms. The Bertz CT molecular complexity index is 772. The average molecular weight is 308 g/mol. The predicted molar refractivity (Wildman–Crippen MR) is 81.8 cm³/mol. The smallest absolute Gasteiger partial charge is 0.200 e. The van der Waals surface area contributed by atoms with Gasteiger partial charge >= 0.3 is 0 Å². The van der Waals surface area contributed by atoms with E-state index in [1.54, 1.807) is 11.3 Å². The quantitative estimate of drug-likeness (QED) is 0.701. The summed E-state index contributed by atoms with van der Waals surface area (Å²) < 4.78 is 2.41. The van der Waals surface area contributed by atoms with Gasteiger partial charge in [-0.05, 0) is 48.3 Å².